The Morgan fingerprint density at radius 1 is 0.571 bits per heavy atom. The van der Waals surface area contributed by atoms with E-state index in [-0.39, 0.29) is 0 Å². The van der Waals surface area contributed by atoms with Gasteiger partial charge in [-0.15, -0.1) is 0 Å². The molecule has 4 rings (SSSR count). The molecule has 0 atom stereocenters. The summed E-state index contributed by atoms with van der Waals surface area (Å²) in [5.41, 5.74) is 2.18. The first-order valence-electron chi connectivity index (χ1n) is 9.00. The lowest BCUT2D eigenvalue weighted by Crippen LogP contribution is -1.93. The number of methoxy groups -OCH3 is 4. The SMILES string of the molecule is COc1ccc2cc(-c3ccc(OC)c4cccc(OC)c34)ccc2c1OC. The molecule has 142 valence electrons. The Balaban J connectivity index is 1.99. The molecule has 0 aliphatic heterocycles. The standard InChI is InChI=1S/C24H22O4/c1-25-20-13-11-17(23-19(20)6-5-7-21(23)26-2)15-8-10-18-16(14-15)9-12-22(27-3)24(18)28-4/h5-14H,1-4H3. The molecule has 0 N–H and O–H groups in total. The first-order valence-corrected chi connectivity index (χ1v) is 9.00. The van der Waals surface area contributed by atoms with Gasteiger partial charge in [0.15, 0.2) is 11.5 Å². The number of rotatable bonds is 5. The summed E-state index contributed by atoms with van der Waals surface area (Å²) in [7, 11) is 6.68. The van der Waals surface area contributed by atoms with Crippen LogP contribution < -0.4 is 18.9 Å². The van der Waals surface area contributed by atoms with Gasteiger partial charge < -0.3 is 18.9 Å². The van der Waals surface area contributed by atoms with E-state index in [1.54, 1.807) is 28.4 Å². The number of benzene rings is 4. The van der Waals surface area contributed by atoms with Crippen molar-refractivity contribution in [2.75, 3.05) is 28.4 Å². The summed E-state index contributed by atoms with van der Waals surface area (Å²) in [4.78, 5) is 0. The highest BCUT2D eigenvalue weighted by Crippen LogP contribution is 2.42. The molecular weight excluding hydrogens is 352 g/mol. The van der Waals surface area contributed by atoms with Crippen molar-refractivity contribution in [3.05, 3.63) is 60.7 Å². The van der Waals surface area contributed by atoms with Crippen LogP contribution in [0.15, 0.2) is 60.7 Å². The molecule has 0 radical (unpaired) electrons. The molecule has 4 heteroatoms. The van der Waals surface area contributed by atoms with E-state index in [2.05, 4.69) is 30.3 Å². The Morgan fingerprint density at radius 3 is 2.04 bits per heavy atom. The van der Waals surface area contributed by atoms with Gasteiger partial charge in [0.05, 0.1) is 28.4 Å². The van der Waals surface area contributed by atoms with Crippen molar-refractivity contribution in [3.63, 3.8) is 0 Å². The van der Waals surface area contributed by atoms with E-state index >= 15 is 0 Å². The average Bonchev–Trinajstić information content (AvgIpc) is 2.76. The number of ether oxygens (including phenoxy) is 4. The third kappa shape index (κ3) is 2.78. The third-order valence-electron chi connectivity index (χ3n) is 5.07. The van der Waals surface area contributed by atoms with Crippen molar-refractivity contribution in [2.45, 2.75) is 0 Å². The van der Waals surface area contributed by atoms with Crippen molar-refractivity contribution in [1.29, 1.82) is 0 Å². The van der Waals surface area contributed by atoms with Gasteiger partial charge in [-0.05, 0) is 52.9 Å². The smallest absolute Gasteiger partial charge is 0.168 e. The Hall–Kier alpha value is -3.40. The van der Waals surface area contributed by atoms with Gasteiger partial charge in [-0.2, -0.15) is 0 Å². The van der Waals surface area contributed by atoms with Crippen molar-refractivity contribution in [2.24, 2.45) is 0 Å². The first kappa shape index (κ1) is 18.0. The van der Waals surface area contributed by atoms with Crippen LogP contribution in [-0.4, -0.2) is 28.4 Å². The average molecular weight is 374 g/mol. The lowest BCUT2D eigenvalue weighted by molar-refractivity contribution is 0.358. The van der Waals surface area contributed by atoms with Gasteiger partial charge in [0.25, 0.3) is 0 Å². The van der Waals surface area contributed by atoms with Crippen molar-refractivity contribution in [1.82, 2.24) is 0 Å². The molecule has 4 aromatic carbocycles. The van der Waals surface area contributed by atoms with Gasteiger partial charge in [0.2, 0.25) is 0 Å². The minimum absolute atomic E-state index is 0.722. The Bertz CT molecular complexity index is 1160. The van der Waals surface area contributed by atoms with Gasteiger partial charge in [-0.3, -0.25) is 0 Å². The molecule has 0 spiro atoms. The molecule has 4 aromatic rings. The van der Waals surface area contributed by atoms with Gasteiger partial charge in [0, 0.05) is 16.2 Å². The maximum atomic E-state index is 5.65. The van der Waals surface area contributed by atoms with Gasteiger partial charge >= 0.3 is 0 Å². The van der Waals surface area contributed by atoms with Crippen molar-refractivity contribution >= 4 is 21.5 Å². The molecule has 0 amide bonds. The molecule has 0 saturated heterocycles. The molecule has 0 fully saturated rings. The fourth-order valence-electron chi connectivity index (χ4n) is 3.76. The lowest BCUT2D eigenvalue weighted by Gasteiger charge is -2.15. The Kier molecular flexibility index (Phi) is 4.70. The zero-order valence-corrected chi connectivity index (χ0v) is 16.4. The van der Waals surface area contributed by atoms with Crippen LogP contribution in [-0.2, 0) is 0 Å². The second-order valence-electron chi connectivity index (χ2n) is 6.44. The van der Waals surface area contributed by atoms with Crippen LogP contribution in [0.2, 0.25) is 0 Å². The number of hydrogen-bond donors (Lipinski definition) is 0. The van der Waals surface area contributed by atoms with Crippen LogP contribution in [0.3, 0.4) is 0 Å². The van der Waals surface area contributed by atoms with Crippen LogP contribution in [0.5, 0.6) is 23.0 Å². The van der Waals surface area contributed by atoms with E-state index < -0.39 is 0 Å². The Morgan fingerprint density at radius 2 is 1.32 bits per heavy atom. The molecular formula is C24H22O4. The minimum Gasteiger partial charge on any atom is -0.496 e. The molecule has 0 aliphatic carbocycles. The van der Waals surface area contributed by atoms with E-state index in [9.17, 15) is 0 Å². The molecule has 0 unspecified atom stereocenters. The summed E-state index contributed by atoms with van der Waals surface area (Å²) in [5.74, 6) is 3.10. The summed E-state index contributed by atoms with van der Waals surface area (Å²) in [5, 5.41) is 4.14. The third-order valence-corrected chi connectivity index (χ3v) is 5.07. The zero-order chi connectivity index (χ0) is 19.7. The van der Waals surface area contributed by atoms with Crippen LogP contribution in [0, 0.1) is 0 Å². The molecule has 0 aromatic heterocycles. The quantitative estimate of drug-likeness (QED) is 0.449. The topological polar surface area (TPSA) is 36.9 Å². The highest BCUT2D eigenvalue weighted by molar-refractivity contribution is 6.05. The van der Waals surface area contributed by atoms with Gasteiger partial charge in [0.1, 0.15) is 11.5 Å². The largest absolute Gasteiger partial charge is 0.496 e. The first-order chi connectivity index (χ1) is 13.7. The summed E-state index contributed by atoms with van der Waals surface area (Å²) >= 11 is 0. The summed E-state index contributed by atoms with van der Waals surface area (Å²) in [6.45, 7) is 0. The predicted octanol–water partition coefficient (Wildman–Crippen LogP) is 5.69. The fraction of sp³-hybridized carbons (Fsp3) is 0.167. The van der Waals surface area contributed by atoms with Crippen molar-refractivity contribution < 1.29 is 18.9 Å². The maximum absolute atomic E-state index is 5.65. The minimum atomic E-state index is 0.722. The Labute approximate surface area is 164 Å². The maximum Gasteiger partial charge on any atom is 0.168 e. The normalized spacial score (nSPS) is 10.9. The van der Waals surface area contributed by atoms with E-state index in [0.29, 0.717) is 0 Å². The summed E-state index contributed by atoms with van der Waals surface area (Å²) in [6, 6.07) is 20.4. The number of hydrogen-bond acceptors (Lipinski definition) is 4. The van der Waals surface area contributed by atoms with Crippen LogP contribution >= 0.6 is 0 Å². The number of fused-ring (bicyclic) bond motifs is 2. The summed E-state index contributed by atoms with van der Waals surface area (Å²) in [6.07, 6.45) is 0. The predicted molar refractivity (Wildman–Crippen MR) is 113 cm³/mol. The second-order valence-corrected chi connectivity index (χ2v) is 6.44. The molecule has 0 bridgehead atoms. The highest BCUT2D eigenvalue weighted by Gasteiger charge is 2.15. The van der Waals surface area contributed by atoms with Crippen LogP contribution in [0.25, 0.3) is 32.7 Å². The zero-order valence-electron chi connectivity index (χ0n) is 16.4. The highest BCUT2D eigenvalue weighted by atomic mass is 16.5. The molecule has 0 aliphatic rings. The van der Waals surface area contributed by atoms with Crippen LogP contribution in [0.1, 0.15) is 0 Å². The second kappa shape index (κ2) is 7.31. The molecule has 0 heterocycles. The van der Waals surface area contributed by atoms with Gasteiger partial charge in [-0.25, -0.2) is 0 Å². The lowest BCUT2D eigenvalue weighted by atomic mass is 9.95. The van der Waals surface area contributed by atoms with E-state index in [0.717, 1.165) is 55.7 Å². The monoisotopic (exact) mass is 374 g/mol. The fourth-order valence-corrected chi connectivity index (χ4v) is 3.76. The molecule has 4 nitrogen and oxygen atoms in total. The van der Waals surface area contributed by atoms with Crippen LogP contribution in [0.4, 0.5) is 0 Å². The van der Waals surface area contributed by atoms with Gasteiger partial charge in [-0.1, -0.05) is 24.3 Å². The molecule has 28 heavy (non-hydrogen) atoms. The van der Waals surface area contributed by atoms with E-state index in [1.807, 2.05) is 30.3 Å². The van der Waals surface area contributed by atoms with Crippen molar-refractivity contribution in [3.8, 4) is 34.1 Å². The van der Waals surface area contributed by atoms with E-state index in [4.69, 9.17) is 18.9 Å². The summed E-state index contributed by atoms with van der Waals surface area (Å²) < 4.78 is 22.2. The molecule has 0 saturated carbocycles. The van der Waals surface area contributed by atoms with E-state index in [1.165, 1.54) is 0 Å².